The van der Waals surface area contributed by atoms with Crippen LogP contribution >= 0.6 is 0 Å². The maximum Gasteiger partial charge on any atom is 0.311 e. The number of rotatable bonds is 6. The van der Waals surface area contributed by atoms with Crippen LogP contribution in [0.3, 0.4) is 0 Å². The Labute approximate surface area is 145 Å². The van der Waals surface area contributed by atoms with Crippen molar-refractivity contribution in [2.24, 2.45) is 0 Å². The van der Waals surface area contributed by atoms with Gasteiger partial charge in [0.25, 0.3) is 0 Å². The van der Waals surface area contributed by atoms with Gasteiger partial charge in [0.1, 0.15) is 0 Å². The van der Waals surface area contributed by atoms with Gasteiger partial charge in [0.15, 0.2) is 20.3 Å². The molecule has 2 rings (SSSR count). The molecular weight excluding hydrogens is 350 g/mol. The lowest BCUT2D eigenvalue weighted by Crippen LogP contribution is -2.57. The number of nitrogens with one attached hydrogen (secondary N) is 2. The van der Waals surface area contributed by atoms with Crippen molar-refractivity contribution >= 4 is 21.4 Å². The van der Waals surface area contributed by atoms with Crippen LogP contribution in [0.5, 0.6) is 5.75 Å². The lowest BCUT2D eigenvalue weighted by Gasteiger charge is -2.34. The standard InChI is InChI=1S/C15H21N3O6S/c1-24-13-4-3-11(9-12(13)18(20)21)10-17-14(19)15(25(2,22)23)5-7-16-8-6-15/h3-4,9,16H,5-8,10H2,1-2H3,(H,17,19). The number of ether oxygens (including phenoxy) is 1. The van der Waals surface area contributed by atoms with E-state index in [2.05, 4.69) is 10.6 Å². The van der Waals surface area contributed by atoms with Gasteiger partial charge in [-0.2, -0.15) is 0 Å². The molecule has 1 fully saturated rings. The van der Waals surface area contributed by atoms with Crippen molar-refractivity contribution in [3.8, 4) is 5.75 Å². The average molecular weight is 371 g/mol. The van der Waals surface area contributed by atoms with Crippen molar-refractivity contribution < 1.29 is 22.9 Å². The Kier molecular flexibility index (Phi) is 5.63. The van der Waals surface area contributed by atoms with Gasteiger partial charge in [0.2, 0.25) is 5.91 Å². The highest BCUT2D eigenvalue weighted by Gasteiger charge is 2.48. The van der Waals surface area contributed by atoms with Gasteiger partial charge in [0.05, 0.1) is 12.0 Å². The fourth-order valence-corrected chi connectivity index (χ4v) is 4.28. The van der Waals surface area contributed by atoms with E-state index < -0.39 is 25.4 Å². The first-order chi connectivity index (χ1) is 11.7. The summed E-state index contributed by atoms with van der Waals surface area (Å²) in [6, 6.07) is 4.33. The van der Waals surface area contributed by atoms with Gasteiger partial charge in [-0.05, 0) is 37.6 Å². The quantitative estimate of drug-likeness (QED) is 0.547. The summed E-state index contributed by atoms with van der Waals surface area (Å²) >= 11 is 0. The van der Waals surface area contributed by atoms with Crippen LogP contribution in [0.15, 0.2) is 18.2 Å². The van der Waals surface area contributed by atoms with Crippen LogP contribution in [-0.4, -0.2) is 50.5 Å². The molecule has 0 radical (unpaired) electrons. The molecule has 1 aliphatic heterocycles. The molecule has 138 valence electrons. The molecular formula is C15H21N3O6S. The van der Waals surface area contributed by atoms with Gasteiger partial charge in [-0.1, -0.05) is 6.07 Å². The monoisotopic (exact) mass is 371 g/mol. The fourth-order valence-electron chi connectivity index (χ4n) is 2.93. The van der Waals surface area contributed by atoms with Crippen LogP contribution in [0.4, 0.5) is 5.69 Å². The van der Waals surface area contributed by atoms with Gasteiger partial charge in [0, 0.05) is 18.9 Å². The summed E-state index contributed by atoms with van der Waals surface area (Å²) in [6.45, 7) is 0.872. The molecule has 0 atom stereocenters. The number of hydrogen-bond acceptors (Lipinski definition) is 7. The molecule has 10 heteroatoms. The smallest absolute Gasteiger partial charge is 0.311 e. The van der Waals surface area contributed by atoms with Crippen LogP contribution in [0.2, 0.25) is 0 Å². The van der Waals surface area contributed by atoms with Crippen LogP contribution in [0.25, 0.3) is 0 Å². The second-order valence-electron chi connectivity index (χ2n) is 5.96. The van der Waals surface area contributed by atoms with Gasteiger partial charge in [-0.3, -0.25) is 14.9 Å². The molecule has 1 aromatic carbocycles. The molecule has 25 heavy (non-hydrogen) atoms. The van der Waals surface area contributed by atoms with Crippen LogP contribution < -0.4 is 15.4 Å². The first-order valence-corrected chi connectivity index (χ1v) is 9.60. The summed E-state index contributed by atoms with van der Waals surface area (Å²) in [7, 11) is -2.27. The Morgan fingerprint density at radius 2 is 2.04 bits per heavy atom. The zero-order chi connectivity index (χ0) is 18.7. The molecule has 1 amide bonds. The fraction of sp³-hybridized carbons (Fsp3) is 0.533. The summed E-state index contributed by atoms with van der Waals surface area (Å²) in [5, 5.41) is 16.7. The minimum atomic E-state index is -3.60. The number of nitro benzene ring substituents is 1. The van der Waals surface area contributed by atoms with Crippen LogP contribution in [-0.2, 0) is 21.2 Å². The number of piperidine rings is 1. The van der Waals surface area contributed by atoms with E-state index in [4.69, 9.17) is 4.74 Å². The third kappa shape index (κ3) is 3.90. The SMILES string of the molecule is COc1ccc(CNC(=O)C2(S(C)(=O)=O)CCNCC2)cc1[N+](=O)[O-]. The van der Waals surface area contributed by atoms with Crippen molar-refractivity contribution in [2.75, 3.05) is 26.5 Å². The molecule has 1 aliphatic rings. The number of nitro groups is 1. The Balaban J connectivity index is 2.18. The molecule has 1 aromatic rings. The minimum absolute atomic E-state index is 0.00559. The maximum absolute atomic E-state index is 12.6. The van der Waals surface area contributed by atoms with E-state index in [0.29, 0.717) is 18.7 Å². The molecule has 0 aromatic heterocycles. The van der Waals surface area contributed by atoms with Gasteiger partial charge in [-0.25, -0.2) is 8.42 Å². The van der Waals surface area contributed by atoms with E-state index in [9.17, 15) is 23.3 Å². The van der Waals surface area contributed by atoms with E-state index in [1.54, 1.807) is 6.07 Å². The van der Waals surface area contributed by atoms with Gasteiger partial charge >= 0.3 is 5.69 Å². The van der Waals surface area contributed by atoms with Crippen molar-refractivity contribution in [2.45, 2.75) is 24.1 Å². The number of methoxy groups -OCH3 is 1. The zero-order valence-electron chi connectivity index (χ0n) is 14.1. The second kappa shape index (κ2) is 7.36. The summed E-state index contributed by atoms with van der Waals surface area (Å²) < 4.78 is 27.9. The van der Waals surface area contributed by atoms with E-state index in [0.717, 1.165) is 6.26 Å². The number of amides is 1. The molecule has 9 nitrogen and oxygen atoms in total. The lowest BCUT2D eigenvalue weighted by molar-refractivity contribution is -0.385. The molecule has 0 bridgehead atoms. The third-order valence-electron chi connectivity index (χ3n) is 4.43. The average Bonchev–Trinajstić information content (AvgIpc) is 2.58. The predicted octanol–water partition coefficient (Wildman–Crippen LogP) is 0.386. The van der Waals surface area contributed by atoms with Crippen LogP contribution in [0, 0.1) is 10.1 Å². The molecule has 0 spiro atoms. The van der Waals surface area contributed by atoms with Crippen molar-refractivity contribution in [3.05, 3.63) is 33.9 Å². The molecule has 0 saturated carbocycles. The van der Waals surface area contributed by atoms with Crippen molar-refractivity contribution in [1.82, 2.24) is 10.6 Å². The lowest BCUT2D eigenvalue weighted by atomic mass is 9.95. The number of sulfone groups is 1. The normalized spacial score (nSPS) is 16.9. The van der Waals surface area contributed by atoms with Gasteiger partial charge in [-0.15, -0.1) is 0 Å². The molecule has 0 aliphatic carbocycles. The third-order valence-corrected chi connectivity index (χ3v) is 6.44. The first kappa shape index (κ1) is 19.1. The number of carbonyl (C=O) groups excluding carboxylic acids is 1. The molecule has 2 N–H and O–H groups in total. The Morgan fingerprint density at radius 1 is 1.40 bits per heavy atom. The minimum Gasteiger partial charge on any atom is -0.490 e. The molecule has 0 unspecified atom stereocenters. The molecule has 1 heterocycles. The number of nitrogens with zero attached hydrogens (tertiary/aromatic N) is 1. The highest BCUT2D eigenvalue weighted by molar-refractivity contribution is 7.92. The summed E-state index contributed by atoms with van der Waals surface area (Å²) in [5.74, 6) is -0.457. The van der Waals surface area contributed by atoms with Crippen LogP contribution in [0.1, 0.15) is 18.4 Å². The number of benzene rings is 1. The summed E-state index contributed by atoms with van der Waals surface area (Å²) in [4.78, 5) is 23.1. The summed E-state index contributed by atoms with van der Waals surface area (Å²) in [6.07, 6.45) is 1.46. The largest absolute Gasteiger partial charge is 0.490 e. The molecule has 1 saturated heterocycles. The van der Waals surface area contributed by atoms with Gasteiger partial charge < -0.3 is 15.4 Å². The van der Waals surface area contributed by atoms with E-state index in [1.165, 1.54) is 19.2 Å². The number of hydrogen-bond donors (Lipinski definition) is 2. The highest BCUT2D eigenvalue weighted by Crippen LogP contribution is 2.29. The highest BCUT2D eigenvalue weighted by atomic mass is 32.2. The maximum atomic E-state index is 12.6. The topological polar surface area (TPSA) is 128 Å². The Morgan fingerprint density at radius 3 is 2.56 bits per heavy atom. The van der Waals surface area contributed by atoms with E-state index in [1.807, 2.05) is 0 Å². The van der Waals surface area contributed by atoms with Crippen molar-refractivity contribution in [3.63, 3.8) is 0 Å². The van der Waals surface area contributed by atoms with Crippen molar-refractivity contribution in [1.29, 1.82) is 0 Å². The Hall–Kier alpha value is -2.20. The predicted molar refractivity (Wildman–Crippen MR) is 91.2 cm³/mol. The second-order valence-corrected chi connectivity index (χ2v) is 8.29. The first-order valence-electron chi connectivity index (χ1n) is 7.71. The summed E-state index contributed by atoms with van der Waals surface area (Å²) in [5.41, 5.74) is 0.271. The van der Waals surface area contributed by atoms with E-state index in [-0.39, 0.29) is 30.8 Å². The van der Waals surface area contributed by atoms with E-state index >= 15 is 0 Å². The Bertz CT molecular complexity index is 771. The number of carbonyl (C=O) groups is 1. The zero-order valence-corrected chi connectivity index (χ0v) is 14.9.